The van der Waals surface area contributed by atoms with Crippen molar-refractivity contribution in [1.82, 2.24) is 24.3 Å². The van der Waals surface area contributed by atoms with E-state index in [1.54, 1.807) is 4.68 Å². The molecule has 0 saturated carbocycles. The Morgan fingerprint density at radius 2 is 2.26 bits per heavy atom. The van der Waals surface area contributed by atoms with E-state index in [0.717, 1.165) is 16.3 Å². The van der Waals surface area contributed by atoms with E-state index in [1.807, 2.05) is 33.3 Å². The number of aromatic nitrogens is 5. The van der Waals surface area contributed by atoms with Crippen molar-refractivity contribution in [2.75, 3.05) is 12.4 Å². The van der Waals surface area contributed by atoms with Gasteiger partial charge in [0.15, 0.2) is 0 Å². The zero-order chi connectivity index (χ0) is 13.4. The number of nitrogens with zero attached hydrogens (tertiary/aromatic N) is 5. The van der Waals surface area contributed by atoms with Crippen LogP contribution in [0.1, 0.15) is 5.69 Å². The summed E-state index contributed by atoms with van der Waals surface area (Å²) in [6.07, 6.45) is 1.84. The van der Waals surface area contributed by atoms with Crippen LogP contribution in [-0.4, -0.2) is 31.3 Å². The summed E-state index contributed by atoms with van der Waals surface area (Å²) < 4.78 is 11.3. The molecule has 0 aromatic carbocycles. The summed E-state index contributed by atoms with van der Waals surface area (Å²) in [4.78, 5) is 4.38. The van der Waals surface area contributed by atoms with Crippen molar-refractivity contribution < 1.29 is 4.52 Å². The van der Waals surface area contributed by atoms with Crippen LogP contribution in [-0.2, 0) is 7.05 Å². The number of rotatable bonds is 3. The normalized spacial score (nSPS) is 10.9. The van der Waals surface area contributed by atoms with Crippen molar-refractivity contribution in [2.45, 2.75) is 6.92 Å². The molecule has 98 valence electrons. The Balaban J connectivity index is 2.03. The van der Waals surface area contributed by atoms with Gasteiger partial charge >= 0.3 is 0 Å². The molecule has 0 aliphatic carbocycles. The quantitative estimate of drug-likeness (QED) is 0.787. The van der Waals surface area contributed by atoms with Crippen LogP contribution in [0.5, 0.6) is 0 Å². The minimum Gasteiger partial charge on any atom is -0.378 e. The number of anilines is 1. The third-order valence-corrected chi connectivity index (χ3v) is 3.63. The van der Waals surface area contributed by atoms with Gasteiger partial charge < -0.3 is 9.84 Å². The van der Waals surface area contributed by atoms with Crippen LogP contribution in [0.3, 0.4) is 0 Å². The summed E-state index contributed by atoms with van der Waals surface area (Å²) in [5.74, 6) is 0.930. The predicted molar refractivity (Wildman–Crippen MR) is 71.9 cm³/mol. The fourth-order valence-corrected chi connectivity index (χ4v) is 2.49. The Kier molecular flexibility index (Phi) is 2.79. The first kappa shape index (κ1) is 11.8. The molecule has 0 fully saturated rings. The standard InChI is InChI=1S/C11H12N6OS/c1-6-8(11(12-2)19-16-6)10-13-9(15-18-10)7-4-5-17(3)14-7/h4-5,12H,1-3H3. The van der Waals surface area contributed by atoms with Gasteiger partial charge in [-0.1, -0.05) is 5.16 Å². The van der Waals surface area contributed by atoms with Gasteiger partial charge in [-0.25, -0.2) is 0 Å². The molecule has 3 rings (SSSR count). The molecule has 0 radical (unpaired) electrons. The lowest BCUT2D eigenvalue weighted by Gasteiger charge is -1.96. The molecule has 0 saturated heterocycles. The van der Waals surface area contributed by atoms with Gasteiger partial charge in [0.2, 0.25) is 5.82 Å². The van der Waals surface area contributed by atoms with Gasteiger partial charge in [-0.15, -0.1) is 0 Å². The largest absolute Gasteiger partial charge is 0.378 e. The topological polar surface area (TPSA) is 81.7 Å². The zero-order valence-electron chi connectivity index (χ0n) is 10.7. The van der Waals surface area contributed by atoms with E-state index in [2.05, 4.69) is 24.9 Å². The van der Waals surface area contributed by atoms with Crippen LogP contribution in [0.25, 0.3) is 23.0 Å². The Bertz CT molecular complexity index is 712. The summed E-state index contributed by atoms with van der Waals surface area (Å²) >= 11 is 1.37. The second kappa shape index (κ2) is 4.47. The third kappa shape index (κ3) is 1.99. The van der Waals surface area contributed by atoms with Crippen molar-refractivity contribution in [3.05, 3.63) is 18.0 Å². The molecule has 0 unspecified atom stereocenters. The number of hydrogen-bond acceptors (Lipinski definition) is 7. The second-order valence-corrected chi connectivity index (χ2v) is 4.79. The molecule has 3 aromatic heterocycles. The average Bonchev–Trinajstić information content (AvgIpc) is 3.07. The van der Waals surface area contributed by atoms with E-state index in [1.165, 1.54) is 11.5 Å². The second-order valence-electron chi connectivity index (χ2n) is 4.02. The van der Waals surface area contributed by atoms with Gasteiger partial charge in [0, 0.05) is 20.3 Å². The lowest BCUT2D eigenvalue weighted by atomic mass is 10.2. The monoisotopic (exact) mass is 276 g/mol. The number of hydrogen-bond donors (Lipinski definition) is 1. The fourth-order valence-electron chi connectivity index (χ4n) is 1.76. The molecule has 0 bridgehead atoms. The molecular formula is C11H12N6OS. The molecule has 0 atom stereocenters. The van der Waals surface area contributed by atoms with Crippen molar-refractivity contribution in [3.63, 3.8) is 0 Å². The predicted octanol–water partition coefficient (Wildman–Crippen LogP) is 1.94. The molecule has 3 heterocycles. The van der Waals surface area contributed by atoms with E-state index in [9.17, 15) is 0 Å². The Morgan fingerprint density at radius 3 is 2.95 bits per heavy atom. The first-order valence-electron chi connectivity index (χ1n) is 5.67. The SMILES string of the molecule is CNc1snc(C)c1-c1nc(-c2ccn(C)n2)no1. The highest BCUT2D eigenvalue weighted by atomic mass is 32.1. The molecule has 3 aromatic rings. The maximum Gasteiger partial charge on any atom is 0.263 e. The molecule has 0 aliphatic rings. The summed E-state index contributed by atoms with van der Waals surface area (Å²) in [7, 11) is 3.68. The van der Waals surface area contributed by atoms with Crippen LogP contribution in [0.15, 0.2) is 16.8 Å². The van der Waals surface area contributed by atoms with E-state index in [-0.39, 0.29) is 0 Å². The van der Waals surface area contributed by atoms with Crippen LogP contribution in [0, 0.1) is 6.92 Å². The van der Waals surface area contributed by atoms with Gasteiger partial charge in [-0.05, 0) is 24.5 Å². The van der Waals surface area contributed by atoms with E-state index in [4.69, 9.17) is 4.52 Å². The van der Waals surface area contributed by atoms with Gasteiger partial charge in [0.25, 0.3) is 5.89 Å². The Labute approximate surface area is 113 Å². The molecule has 0 aliphatic heterocycles. The highest BCUT2D eigenvalue weighted by Gasteiger charge is 2.19. The minimum absolute atomic E-state index is 0.455. The minimum atomic E-state index is 0.455. The first-order valence-corrected chi connectivity index (χ1v) is 6.44. The molecule has 19 heavy (non-hydrogen) atoms. The number of aryl methyl sites for hydroxylation is 2. The Morgan fingerprint density at radius 1 is 1.42 bits per heavy atom. The van der Waals surface area contributed by atoms with Crippen LogP contribution < -0.4 is 5.32 Å². The first-order chi connectivity index (χ1) is 9.19. The van der Waals surface area contributed by atoms with Crippen LogP contribution in [0.4, 0.5) is 5.00 Å². The maximum atomic E-state index is 5.31. The zero-order valence-corrected chi connectivity index (χ0v) is 11.5. The van der Waals surface area contributed by atoms with Crippen molar-refractivity contribution >= 4 is 16.5 Å². The van der Waals surface area contributed by atoms with Crippen molar-refractivity contribution in [3.8, 4) is 23.0 Å². The fraction of sp³-hybridized carbons (Fsp3) is 0.273. The lowest BCUT2D eigenvalue weighted by Crippen LogP contribution is -1.90. The maximum absolute atomic E-state index is 5.31. The van der Waals surface area contributed by atoms with Crippen molar-refractivity contribution in [1.29, 1.82) is 0 Å². The molecule has 7 nitrogen and oxygen atoms in total. The van der Waals surface area contributed by atoms with E-state index in [0.29, 0.717) is 17.4 Å². The van der Waals surface area contributed by atoms with Gasteiger partial charge in [0.05, 0.1) is 11.3 Å². The smallest absolute Gasteiger partial charge is 0.263 e. The van der Waals surface area contributed by atoms with E-state index >= 15 is 0 Å². The van der Waals surface area contributed by atoms with Crippen LogP contribution >= 0.6 is 11.5 Å². The third-order valence-electron chi connectivity index (χ3n) is 2.67. The van der Waals surface area contributed by atoms with Crippen LogP contribution in [0.2, 0.25) is 0 Å². The number of nitrogens with one attached hydrogen (secondary N) is 1. The Hall–Kier alpha value is -2.22. The summed E-state index contributed by atoms with van der Waals surface area (Å²) in [5, 5.41) is 12.2. The van der Waals surface area contributed by atoms with Crippen molar-refractivity contribution in [2.24, 2.45) is 7.05 Å². The lowest BCUT2D eigenvalue weighted by molar-refractivity contribution is 0.432. The van der Waals surface area contributed by atoms with Gasteiger partial charge in [-0.3, -0.25) is 4.68 Å². The highest BCUT2D eigenvalue weighted by Crippen LogP contribution is 2.33. The molecule has 0 amide bonds. The molecule has 8 heteroatoms. The average molecular weight is 276 g/mol. The summed E-state index contributed by atoms with van der Waals surface area (Å²) in [5.41, 5.74) is 2.40. The molecule has 0 spiro atoms. The summed E-state index contributed by atoms with van der Waals surface area (Å²) in [6, 6.07) is 1.84. The summed E-state index contributed by atoms with van der Waals surface area (Å²) in [6.45, 7) is 1.91. The molecular weight excluding hydrogens is 264 g/mol. The molecule has 1 N–H and O–H groups in total. The van der Waals surface area contributed by atoms with E-state index < -0.39 is 0 Å². The van der Waals surface area contributed by atoms with Gasteiger partial charge in [0.1, 0.15) is 10.7 Å². The van der Waals surface area contributed by atoms with Gasteiger partial charge in [-0.2, -0.15) is 14.5 Å². The highest BCUT2D eigenvalue weighted by molar-refractivity contribution is 7.10.